The first kappa shape index (κ1) is 19.3. The lowest BCUT2D eigenvalue weighted by Gasteiger charge is -2.26. The maximum absolute atomic E-state index is 12.6. The summed E-state index contributed by atoms with van der Waals surface area (Å²) in [7, 11) is 4.41. The van der Waals surface area contributed by atoms with Gasteiger partial charge in [-0.05, 0) is 12.5 Å². The summed E-state index contributed by atoms with van der Waals surface area (Å²) < 4.78 is 15.8. The van der Waals surface area contributed by atoms with Gasteiger partial charge in [-0.3, -0.25) is 19.8 Å². The van der Waals surface area contributed by atoms with Crippen LogP contribution in [-0.2, 0) is 9.59 Å². The number of urea groups is 1. The molecule has 4 amide bonds. The minimum Gasteiger partial charge on any atom is -0.496 e. The van der Waals surface area contributed by atoms with E-state index in [-0.39, 0.29) is 12.1 Å². The van der Waals surface area contributed by atoms with E-state index in [0.29, 0.717) is 29.2 Å². The van der Waals surface area contributed by atoms with Gasteiger partial charge in [0, 0.05) is 18.7 Å². The van der Waals surface area contributed by atoms with Gasteiger partial charge in [0.05, 0.1) is 26.9 Å². The Kier molecular flexibility index (Phi) is 6.21. The monoisotopic (exact) mass is 362 g/mol. The second-order valence-corrected chi connectivity index (χ2v) is 5.57. The van der Waals surface area contributed by atoms with E-state index in [1.807, 2.05) is 6.92 Å². The normalized spacial score (nSPS) is 15.9. The lowest BCUT2D eigenvalue weighted by atomic mass is 10.0. The largest absolute Gasteiger partial charge is 0.496 e. The molecule has 0 unspecified atom stereocenters. The van der Waals surface area contributed by atoms with Gasteiger partial charge in [0.2, 0.25) is 0 Å². The van der Waals surface area contributed by atoms with Gasteiger partial charge in [0.25, 0.3) is 11.8 Å². The Balaban J connectivity index is 2.51. The molecule has 1 aromatic rings. The van der Waals surface area contributed by atoms with E-state index in [2.05, 4.69) is 5.32 Å². The van der Waals surface area contributed by atoms with E-state index in [0.717, 1.165) is 11.3 Å². The van der Waals surface area contributed by atoms with Gasteiger partial charge < -0.3 is 14.2 Å². The number of nitrogens with one attached hydrogen (secondary N) is 1. The van der Waals surface area contributed by atoms with Gasteiger partial charge in [-0.15, -0.1) is 0 Å². The molecule has 8 heteroatoms. The predicted octanol–water partition coefficient (Wildman–Crippen LogP) is 1.97. The third kappa shape index (κ3) is 3.79. The zero-order chi connectivity index (χ0) is 19.3. The van der Waals surface area contributed by atoms with Crippen LogP contribution in [0.4, 0.5) is 4.79 Å². The van der Waals surface area contributed by atoms with E-state index in [1.54, 1.807) is 12.1 Å². The SMILES string of the molecule is CCCCN1C(=O)NC(=O)/C(=C/c2c(OC)cc(OC)cc2OC)C1=O. The first-order chi connectivity index (χ1) is 12.5. The Bertz CT molecular complexity index is 731. The molecule has 1 aromatic carbocycles. The molecule has 1 N–H and O–H groups in total. The van der Waals surface area contributed by atoms with E-state index in [4.69, 9.17) is 14.2 Å². The first-order valence-corrected chi connectivity index (χ1v) is 8.15. The number of hydrogen-bond donors (Lipinski definition) is 1. The molecule has 1 heterocycles. The molecule has 1 saturated heterocycles. The molecule has 0 aromatic heterocycles. The number of imide groups is 2. The van der Waals surface area contributed by atoms with Crippen LogP contribution >= 0.6 is 0 Å². The summed E-state index contributed by atoms with van der Waals surface area (Å²) in [6, 6.07) is 2.51. The van der Waals surface area contributed by atoms with Crippen molar-refractivity contribution in [2.75, 3.05) is 27.9 Å². The molecule has 0 radical (unpaired) electrons. The number of rotatable bonds is 7. The third-order valence-corrected chi connectivity index (χ3v) is 3.96. The molecule has 2 rings (SSSR count). The van der Waals surface area contributed by atoms with Gasteiger partial charge >= 0.3 is 6.03 Å². The zero-order valence-corrected chi connectivity index (χ0v) is 15.3. The molecule has 1 aliphatic rings. The topological polar surface area (TPSA) is 94.2 Å². The molecular weight excluding hydrogens is 340 g/mol. The highest BCUT2D eigenvalue weighted by molar-refractivity contribution is 6.31. The first-order valence-electron chi connectivity index (χ1n) is 8.15. The number of amides is 4. The van der Waals surface area contributed by atoms with Gasteiger partial charge in [-0.2, -0.15) is 0 Å². The van der Waals surface area contributed by atoms with Gasteiger partial charge in [-0.1, -0.05) is 13.3 Å². The van der Waals surface area contributed by atoms with Crippen LogP contribution in [0.2, 0.25) is 0 Å². The van der Waals surface area contributed by atoms with Crippen molar-refractivity contribution >= 4 is 23.9 Å². The molecule has 140 valence electrons. The van der Waals surface area contributed by atoms with Crippen LogP contribution in [0.25, 0.3) is 6.08 Å². The minimum absolute atomic E-state index is 0.164. The van der Waals surface area contributed by atoms with Crippen LogP contribution in [-0.4, -0.2) is 50.6 Å². The summed E-state index contributed by atoms with van der Waals surface area (Å²) in [5.41, 5.74) is 0.238. The summed E-state index contributed by atoms with van der Waals surface area (Å²) >= 11 is 0. The van der Waals surface area contributed by atoms with E-state index < -0.39 is 17.8 Å². The van der Waals surface area contributed by atoms with Crippen molar-refractivity contribution < 1.29 is 28.6 Å². The molecule has 1 fully saturated rings. The Morgan fingerprint density at radius 2 is 1.65 bits per heavy atom. The smallest absolute Gasteiger partial charge is 0.331 e. The van der Waals surface area contributed by atoms with Crippen LogP contribution in [0.5, 0.6) is 17.2 Å². The molecule has 0 spiro atoms. The van der Waals surface area contributed by atoms with Crippen LogP contribution < -0.4 is 19.5 Å². The lowest BCUT2D eigenvalue weighted by molar-refractivity contribution is -0.130. The van der Waals surface area contributed by atoms with Gasteiger partial charge in [0.1, 0.15) is 22.8 Å². The van der Waals surface area contributed by atoms with Crippen LogP contribution in [0, 0.1) is 0 Å². The zero-order valence-electron chi connectivity index (χ0n) is 15.3. The maximum Gasteiger partial charge on any atom is 0.331 e. The standard InChI is InChI=1S/C18H22N2O6/c1-5-6-7-20-17(22)13(16(21)19-18(20)23)10-12-14(25-3)8-11(24-2)9-15(12)26-4/h8-10H,5-7H2,1-4H3,(H,19,21,23)/b13-10-. The molecule has 0 atom stereocenters. The van der Waals surface area contributed by atoms with E-state index in [9.17, 15) is 14.4 Å². The molecule has 1 aliphatic heterocycles. The number of carbonyl (C=O) groups excluding carboxylic acids is 3. The fraction of sp³-hybridized carbons (Fsp3) is 0.389. The second kappa shape index (κ2) is 8.37. The highest BCUT2D eigenvalue weighted by Gasteiger charge is 2.35. The summed E-state index contributed by atoms with van der Waals surface area (Å²) in [5.74, 6) is -0.169. The van der Waals surface area contributed by atoms with Crippen molar-refractivity contribution in [2.24, 2.45) is 0 Å². The lowest BCUT2D eigenvalue weighted by Crippen LogP contribution is -2.54. The highest BCUT2D eigenvalue weighted by Crippen LogP contribution is 2.36. The summed E-state index contributed by atoms with van der Waals surface area (Å²) in [5, 5.41) is 2.19. The Morgan fingerprint density at radius 3 is 2.15 bits per heavy atom. The van der Waals surface area contributed by atoms with Gasteiger partial charge in [0.15, 0.2) is 0 Å². The summed E-state index contributed by atoms with van der Waals surface area (Å²) in [4.78, 5) is 37.8. The fourth-order valence-corrected chi connectivity index (χ4v) is 2.53. The number of ether oxygens (including phenoxy) is 3. The molecule has 8 nitrogen and oxygen atoms in total. The predicted molar refractivity (Wildman–Crippen MR) is 94.2 cm³/mol. The van der Waals surface area contributed by atoms with Crippen LogP contribution in [0.3, 0.4) is 0 Å². The van der Waals surface area contributed by atoms with Gasteiger partial charge in [-0.25, -0.2) is 4.79 Å². The molecule has 26 heavy (non-hydrogen) atoms. The van der Waals surface area contributed by atoms with Crippen molar-refractivity contribution in [3.63, 3.8) is 0 Å². The minimum atomic E-state index is -0.757. The summed E-state index contributed by atoms with van der Waals surface area (Å²) in [6.45, 7) is 2.18. The number of barbiturate groups is 1. The number of unbranched alkanes of at least 4 members (excludes halogenated alkanes) is 1. The Hall–Kier alpha value is -3.03. The fourth-order valence-electron chi connectivity index (χ4n) is 2.53. The molecule has 0 saturated carbocycles. The van der Waals surface area contributed by atoms with Crippen LogP contribution in [0.15, 0.2) is 17.7 Å². The quantitative estimate of drug-likeness (QED) is 0.589. The number of benzene rings is 1. The number of carbonyl (C=O) groups is 3. The number of nitrogens with zero attached hydrogens (tertiary/aromatic N) is 1. The van der Waals surface area contributed by atoms with E-state index >= 15 is 0 Å². The van der Waals surface area contributed by atoms with Crippen molar-refractivity contribution in [3.05, 3.63) is 23.3 Å². The Labute approximate surface area is 151 Å². The average molecular weight is 362 g/mol. The van der Waals surface area contributed by atoms with Crippen molar-refractivity contribution in [3.8, 4) is 17.2 Å². The molecule has 0 aliphatic carbocycles. The number of methoxy groups -OCH3 is 3. The molecular formula is C18H22N2O6. The van der Waals surface area contributed by atoms with Crippen molar-refractivity contribution in [1.82, 2.24) is 10.2 Å². The third-order valence-electron chi connectivity index (χ3n) is 3.96. The highest BCUT2D eigenvalue weighted by atomic mass is 16.5. The molecule has 0 bridgehead atoms. The van der Waals surface area contributed by atoms with Crippen molar-refractivity contribution in [2.45, 2.75) is 19.8 Å². The summed E-state index contributed by atoms with van der Waals surface area (Å²) in [6.07, 6.45) is 2.82. The van der Waals surface area contributed by atoms with Crippen LogP contribution in [0.1, 0.15) is 25.3 Å². The van der Waals surface area contributed by atoms with E-state index in [1.165, 1.54) is 27.4 Å². The average Bonchev–Trinajstić information content (AvgIpc) is 2.64. The number of hydrogen-bond acceptors (Lipinski definition) is 6. The Morgan fingerprint density at radius 1 is 1.04 bits per heavy atom. The second-order valence-electron chi connectivity index (χ2n) is 5.57. The maximum atomic E-state index is 12.6. The van der Waals surface area contributed by atoms with Crippen molar-refractivity contribution in [1.29, 1.82) is 0 Å².